The third-order valence-electron chi connectivity index (χ3n) is 6.10. The van der Waals surface area contributed by atoms with Crippen LogP contribution in [-0.2, 0) is 17.8 Å². The zero-order valence-corrected chi connectivity index (χ0v) is 17.3. The van der Waals surface area contributed by atoms with Gasteiger partial charge >= 0.3 is 0 Å². The molecule has 0 bridgehead atoms. The molecule has 0 amide bonds. The minimum absolute atomic E-state index is 0.685. The highest BCUT2D eigenvalue weighted by Crippen LogP contribution is 2.37. The van der Waals surface area contributed by atoms with Gasteiger partial charge in [0.25, 0.3) is 0 Å². The average molecular weight is 384 g/mol. The Labute approximate surface area is 168 Å². The van der Waals surface area contributed by atoms with E-state index in [0.29, 0.717) is 12.8 Å². The summed E-state index contributed by atoms with van der Waals surface area (Å²) in [5, 5.41) is 1.23. The lowest BCUT2D eigenvalue weighted by Gasteiger charge is -2.34. The van der Waals surface area contributed by atoms with Crippen molar-refractivity contribution >= 4 is 10.9 Å². The molecule has 1 saturated heterocycles. The first-order chi connectivity index (χ1) is 13.9. The van der Waals surface area contributed by atoms with Crippen molar-refractivity contribution in [1.29, 1.82) is 0 Å². The molecule has 2 aliphatic heterocycles. The van der Waals surface area contributed by atoms with Crippen molar-refractivity contribution in [2.75, 3.05) is 33.0 Å². The Balaban J connectivity index is 0.000000932. The molecular formula is C23H33N3O2. The van der Waals surface area contributed by atoms with Gasteiger partial charge in [0, 0.05) is 49.4 Å². The number of fused-ring (bicyclic) bond motifs is 3. The Morgan fingerprint density at radius 1 is 1.14 bits per heavy atom. The molecule has 3 heterocycles. The van der Waals surface area contributed by atoms with Gasteiger partial charge < -0.3 is 9.47 Å². The highest BCUT2D eigenvalue weighted by Gasteiger charge is 2.29. The van der Waals surface area contributed by atoms with Gasteiger partial charge in [0.05, 0.1) is 13.2 Å². The van der Waals surface area contributed by atoms with E-state index in [2.05, 4.69) is 26.9 Å². The topological polar surface area (TPSA) is 37.8 Å². The van der Waals surface area contributed by atoms with E-state index in [1.165, 1.54) is 42.2 Å². The third-order valence-corrected chi connectivity index (χ3v) is 6.10. The lowest BCUT2D eigenvalue weighted by Crippen LogP contribution is -2.39. The summed E-state index contributed by atoms with van der Waals surface area (Å²) in [7, 11) is 0. The van der Waals surface area contributed by atoms with Crippen molar-refractivity contribution in [1.82, 2.24) is 14.8 Å². The van der Waals surface area contributed by atoms with Gasteiger partial charge in [-0.3, -0.25) is 14.8 Å². The Bertz CT molecular complexity index is 783. The quantitative estimate of drug-likeness (QED) is 0.795. The van der Waals surface area contributed by atoms with E-state index in [9.17, 15) is 0 Å². The monoisotopic (exact) mass is 383 g/mol. The largest absolute Gasteiger partial charge is 0.475 e. The standard InChI is InChI=1S/C21H27N3O2.C2H6/c1-2-5-18(4-1)24-14-17-12-16(13-23-8-10-25-11-9-23)19-6-3-7-22-20(19)21(17)26-15-24;1-2/h3,6-7,12,18H,1-2,4-5,8-11,13-15H2;1-2H3. The van der Waals surface area contributed by atoms with Gasteiger partial charge in [-0.05, 0) is 30.5 Å². The summed E-state index contributed by atoms with van der Waals surface area (Å²) >= 11 is 0. The molecule has 1 aromatic heterocycles. The second kappa shape index (κ2) is 9.21. The van der Waals surface area contributed by atoms with Gasteiger partial charge in [-0.15, -0.1) is 0 Å². The minimum Gasteiger partial charge on any atom is -0.475 e. The highest BCUT2D eigenvalue weighted by molar-refractivity contribution is 5.89. The number of nitrogens with zero attached hydrogens (tertiary/aromatic N) is 3. The second-order valence-electron chi connectivity index (χ2n) is 7.77. The fraction of sp³-hybridized carbons (Fsp3) is 0.609. The number of benzene rings is 1. The average Bonchev–Trinajstić information content (AvgIpc) is 3.31. The van der Waals surface area contributed by atoms with Crippen LogP contribution in [0.1, 0.15) is 50.7 Å². The normalized spacial score (nSPS) is 21.1. The van der Waals surface area contributed by atoms with Crippen LogP contribution in [0.15, 0.2) is 24.4 Å². The molecule has 0 atom stereocenters. The van der Waals surface area contributed by atoms with E-state index in [1.54, 1.807) is 0 Å². The summed E-state index contributed by atoms with van der Waals surface area (Å²) in [5.74, 6) is 1.00. The first-order valence-corrected chi connectivity index (χ1v) is 10.9. The summed E-state index contributed by atoms with van der Waals surface area (Å²) in [4.78, 5) is 9.68. The van der Waals surface area contributed by atoms with Crippen LogP contribution >= 0.6 is 0 Å². The van der Waals surface area contributed by atoms with E-state index in [1.807, 2.05) is 26.1 Å². The van der Waals surface area contributed by atoms with E-state index in [-0.39, 0.29) is 0 Å². The molecular weight excluding hydrogens is 350 g/mol. The number of ether oxygens (including phenoxy) is 2. The summed E-state index contributed by atoms with van der Waals surface area (Å²) in [6.45, 7) is 10.3. The maximum absolute atomic E-state index is 6.24. The Morgan fingerprint density at radius 2 is 1.93 bits per heavy atom. The number of morpholine rings is 1. The third kappa shape index (κ3) is 4.02. The Morgan fingerprint density at radius 3 is 2.71 bits per heavy atom. The van der Waals surface area contributed by atoms with Crippen LogP contribution < -0.4 is 4.74 Å². The van der Waals surface area contributed by atoms with Gasteiger partial charge in [-0.25, -0.2) is 0 Å². The predicted molar refractivity (Wildman–Crippen MR) is 112 cm³/mol. The molecule has 0 radical (unpaired) electrons. The van der Waals surface area contributed by atoms with Crippen LogP contribution in [-0.4, -0.2) is 53.9 Å². The summed E-state index contributed by atoms with van der Waals surface area (Å²) < 4.78 is 11.7. The molecule has 0 spiro atoms. The molecule has 2 fully saturated rings. The number of rotatable bonds is 3. The molecule has 1 aromatic carbocycles. The number of aromatic nitrogens is 1. The minimum atomic E-state index is 0.685. The van der Waals surface area contributed by atoms with Crippen molar-refractivity contribution in [3.05, 3.63) is 35.5 Å². The predicted octanol–water partition coefficient (Wildman–Crippen LogP) is 4.19. The van der Waals surface area contributed by atoms with Crippen molar-refractivity contribution in [3.8, 4) is 5.75 Å². The van der Waals surface area contributed by atoms with Crippen LogP contribution in [0.25, 0.3) is 10.9 Å². The van der Waals surface area contributed by atoms with E-state index in [4.69, 9.17) is 9.47 Å². The molecule has 28 heavy (non-hydrogen) atoms. The van der Waals surface area contributed by atoms with Crippen LogP contribution in [0.2, 0.25) is 0 Å². The molecule has 3 aliphatic rings. The lowest BCUT2D eigenvalue weighted by molar-refractivity contribution is 0.0342. The van der Waals surface area contributed by atoms with Crippen LogP contribution in [0, 0.1) is 0 Å². The Kier molecular flexibility index (Phi) is 6.45. The number of pyridine rings is 1. The van der Waals surface area contributed by atoms with Gasteiger partial charge in [0.15, 0.2) is 5.75 Å². The molecule has 0 unspecified atom stereocenters. The second-order valence-corrected chi connectivity index (χ2v) is 7.77. The van der Waals surface area contributed by atoms with Crippen molar-refractivity contribution in [2.45, 2.75) is 58.7 Å². The maximum atomic E-state index is 6.24. The molecule has 5 nitrogen and oxygen atoms in total. The van der Waals surface area contributed by atoms with E-state index < -0.39 is 0 Å². The van der Waals surface area contributed by atoms with Crippen LogP contribution in [0.4, 0.5) is 0 Å². The smallest absolute Gasteiger partial charge is 0.152 e. The fourth-order valence-electron chi connectivity index (χ4n) is 4.68. The van der Waals surface area contributed by atoms with Gasteiger partial charge in [0.2, 0.25) is 0 Å². The summed E-state index contributed by atoms with van der Waals surface area (Å²) in [6.07, 6.45) is 7.22. The fourth-order valence-corrected chi connectivity index (χ4v) is 4.68. The molecule has 152 valence electrons. The zero-order valence-electron chi connectivity index (χ0n) is 17.3. The van der Waals surface area contributed by atoms with E-state index in [0.717, 1.165) is 50.7 Å². The molecule has 1 saturated carbocycles. The molecule has 2 aromatic rings. The number of hydrogen-bond donors (Lipinski definition) is 0. The first-order valence-electron chi connectivity index (χ1n) is 10.9. The van der Waals surface area contributed by atoms with E-state index >= 15 is 0 Å². The lowest BCUT2D eigenvalue weighted by atomic mass is 10.0. The van der Waals surface area contributed by atoms with Crippen LogP contribution in [0.5, 0.6) is 5.75 Å². The van der Waals surface area contributed by atoms with Crippen molar-refractivity contribution in [3.63, 3.8) is 0 Å². The molecule has 0 N–H and O–H groups in total. The maximum Gasteiger partial charge on any atom is 0.152 e. The summed E-state index contributed by atoms with van der Waals surface area (Å²) in [5.41, 5.74) is 3.70. The first kappa shape index (κ1) is 19.6. The SMILES string of the molecule is CC.c1cnc2c3c(cc(CN4CCOCC4)c2c1)CN(C1CCCC1)CO3. The molecule has 5 rings (SSSR count). The zero-order chi connectivity index (χ0) is 19.3. The summed E-state index contributed by atoms with van der Waals surface area (Å²) in [6, 6.07) is 7.27. The van der Waals surface area contributed by atoms with Gasteiger partial charge in [-0.2, -0.15) is 0 Å². The number of hydrogen-bond acceptors (Lipinski definition) is 5. The molecule has 5 heteroatoms. The van der Waals surface area contributed by atoms with Gasteiger partial charge in [-0.1, -0.05) is 32.8 Å². The Hall–Kier alpha value is -1.69. The van der Waals surface area contributed by atoms with Crippen molar-refractivity contribution in [2.24, 2.45) is 0 Å². The van der Waals surface area contributed by atoms with Crippen LogP contribution in [0.3, 0.4) is 0 Å². The van der Waals surface area contributed by atoms with Crippen molar-refractivity contribution < 1.29 is 9.47 Å². The van der Waals surface area contributed by atoms with Gasteiger partial charge in [0.1, 0.15) is 12.2 Å². The highest BCUT2D eigenvalue weighted by atomic mass is 16.5. The molecule has 1 aliphatic carbocycles.